The molecule has 1 amide bonds. The van der Waals surface area contributed by atoms with Crippen LogP contribution in [0.5, 0.6) is 11.5 Å². The molecule has 5 nitrogen and oxygen atoms in total. The molecule has 1 unspecified atom stereocenters. The maximum Gasteiger partial charge on any atom is 0.224 e. The fourth-order valence-corrected chi connectivity index (χ4v) is 3.39. The summed E-state index contributed by atoms with van der Waals surface area (Å²) in [5, 5.41) is 2.94. The molecule has 0 spiro atoms. The minimum Gasteiger partial charge on any atom is -0.494 e. The molecule has 6 heteroatoms. The van der Waals surface area contributed by atoms with E-state index in [1.165, 1.54) is 6.42 Å². The van der Waals surface area contributed by atoms with Crippen LogP contribution in [0.25, 0.3) is 0 Å². The quantitative estimate of drug-likeness (QED) is 0.537. The first kappa shape index (κ1) is 20.7. The lowest BCUT2D eigenvalue weighted by Gasteiger charge is -2.23. The van der Waals surface area contributed by atoms with E-state index in [4.69, 9.17) is 14.2 Å². The zero-order valence-corrected chi connectivity index (χ0v) is 17.4. The average Bonchev–Trinajstić information content (AvgIpc) is 2.71. The number of hydrogen-bond donors (Lipinski definition) is 1. The summed E-state index contributed by atoms with van der Waals surface area (Å²) in [5.41, 5.74) is 0.691. The van der Waals surface area contributed by atoms with Crippen LogP contribution in [0.3, 0.4) is 0 Å². The Morgan fingerprint density at radius 3 is 2.86 bits per heavy atom. The number of rotatable bonds is 9. The second kappa shape index (κ2) is 11.1. The number of carbonyl (C=O) groups excluding carboxylic acids is 1. The molecule has 1 aliphatic rings. The number of nitrogens with one attached hydrogen (secondary N) is 1. The molecule has 1 heterocycles. The summed E-state index contributed by atoms with van der Waals surface area (Å²) < 4.78 is 18.2. The molecule has 1 N–H and O–H groups in total. The van der Waals surface area contributed by atoms with Gasteiger partial charge >= 0.3 is 0 Å². The lowest BCUT2D eigenvalue weighted by atomic mass is 10.1. The van der Waals surface area contributed by atoms with Crippen molar-refractivity contribution in [2.24, 2.45) is 0 Å². The summed E-state index contributed by atoms with van der Waals surface area (Å²) in [4.78, 5) is 12.3. The van der Waals surface area contributed by atoms with Gasteiger partial charge in [-0.1, -0.05) is 34.1 Å². The van der Waals surface area contributed by atoms with Gasteiger partial charge in [-0.25, -0.2) is 0 Å². The van der Waals surface area contributed by atoms with Crippen molar-refractivity contribution in [1.29, 1.82) is 0 Å². The second-order valence-electron chi connectivity index (χ2n) is 6.75. The topological polar surface area (TPSA) is 56.8 Å². The number of benzene rings is 2. The zero-order chi connectivity index (χ0) is 19.6. The Morgan fingerprint density at radius 2 is 2.04 bits per heavy atom. The molecule has 0 aromatic heterocycles. The standard InChI is InChI=1S/C22H26BrNO4/c23-17-7-5-9-18(15-17)26-14-6-12-22(25)24-20-10-1-2-11-21(20)28-16-19-8-3-4-13-27-19/h1-2,5,7,9-11,15,19H,3-4,6,8,12-14,16H2,(H,24,25). The van der Waals surface area contributed by atoms with Gasteiger partial charge in [-0.15, -0.1) is 0 Å². The third-order valence-electron chi connectivity index (χ3n) is 4.47. The predicted octanol–water partition coefficient (Wildman–Crippen LogP) is 5.19. The highest BCUT2D eigenvalue weighted by Gasteiger charge is 2.15. The van der Waals surface area contributed by atoms with Gasteiger partial charge in [0.2, 0.25) is 5.91 Å². The third-order valence-corrected chi connectivity index (χ3v) is 4.97. The van der Waals surface area contributed by atoms with E-state index in [-0.39, 0.29) is 12.0 Å². The van der Waals surface area contributed by atoms with Gasteiger partial charge in [0.1, 0.15) is 18.1 Å². The van der Waals surface area contributed by atoms with E-state index >= 15 is 0 Å². The Bertz CT molecular complexity index is 762. The molecule has 2 aromatic carbocycles. The van der Waals surface area contributed by atoms with Crippen LogP contribution in [-0.4, -0.2) is 31.8 Å². The third kappa shape index (κ3) is 6.84. The molecular formula is C22H26BrNO4. The first-order valence-electron chi connectivity index (χ1n) is 9.72. The number of hydrogen-bond acceptors (Lipinski definition) is 4. The molecule has 3 rings (SSSR count). The van der Waals surface area contributed by atoms with E-state index in [1.807, 2.05) is 48.5 Å². The maximum absolute atomic E-state index is 12.3. The highest BCUT2D eigenvalue weighted by atomic mass is 79.9. The van der Waals surface area contributed by atoms with Crippen LogP contribution < -0.4 is 14.8 Å². The molecule has 1 fully saturated rings. The molecule has 0 radical (unpaired) electrons. The number of ether oxygens (including phenoxy) is 3. The van der Waals surface area contributed by atoms with Gasteiger partial charge in [0, 0.05) is 17.5 Å². The van der Waals surface area contributed by atoms with E-state index in [9.17, 15) is 4.79 Å². The van der Waals surface area contributed by atoms with Crippen molar-refractivity contribution in [3.05, 3.63) is 53.0 Å². The number of anilines is 1. The monoisotopic (exact) mass is 447 g/mol. The summed E-state index contributed by atoms with van der Waals surface area (Å²) in [6.07, 6.45) is 4.47. The first-order valence-corrected chi connectivity index (χ1v) is 10.5. The van der Waals surface area contributed by atoms with Crippen molar-refractivity contribution in [2.45, 2.75) is 38.2 Å². The summed E-state index contributed by atoms with van der Waals surface area (Å²) >= 11 is 3.41. The van der Waals surface area contributed by atoms with Crippen molar-refractivity contribution < 1.29 is 19.0 Å². The first-order chi connectivity index (χ1) is 13.7. The van der Waals surface area contributed by atoms with Crippen molar-refractivity contribution in [3.63, 3.8) is 0 Å². The Labute approximate surface area is 174 Å². The Hall–Kier alpha value is -2.05. The van der Waals surface area contributed by atoms with Crippen LogP contribution >= 0.6 is 15.9 Å². The van der Waals surface area contributed by atoms with Crippen molar-refractivity contribution in [3.8, 4) is 11.5 Å². The van der Waals surface area contributed by atoms with Gasteiger partial charge < -0.3 is 19.5 Å². The molecule has 2 aromatic rings. The molecule has 150 valence electrons. The Balaban J connectivity index is 1.42. The summed E-state index contributed by atoms with van der Waals surface area (Å²) in [6, 6.07) is 15.2. The van der Waals surface area contributed by atoms with Crippen LogP contribution in [0.4, 0.5) is 5.69 Å². The van der Waals surface area contributed by atoms with Gasteiger partial charge in [0.25, 0.3) is 0 Å². The normalized spacial score (nSPS) is 16.4. The Morgan fingerprint density at radius 1 is 1.14 bits per heavy atom. The van der Waals surface area contributed by atoms with Crippen LogP contribution in [-0.2, 0) is 9.53 Å². The summed E-state index contributed by atoms with van der Waals surface area (Å²) in [6.45, 7) is 1.79. The van der Waals surface area contributed by atoms with E-state index in [0.717, 1.165) is 29.7 Å². The fourth-order valence-electron chi connectivity index (χ4n) is 3.01. The molecule has 1 saturated heterocycles. The molecular weight excluding hydrogens is 422 g/mol. The Kier molecular flexibility index (Phi) is 8.18. The molecule has 1 aliphatic heterocycles. The fraction of sp³-hybridized carbons (Fsp3) is 0.409. The van der Waals surface area contributed by atoms with Crippen molar-refractivity contribution in [2.75, 3.05) is 25.1 Å². The van der Waals surface area contributed by atoms with E-state index in [0.29, 0.717) is 37.5 Å². The molecule has 0 bridgehead atoms. The smallest absolute Gasteiger partial charge is 0.224 e. The SMILES string of the molecule is O=C(CCCOc1cccc(Br)c1)Nc1ccccc1OCC1CCCCO1. The summed E-state index contributed by atoms with van der Waals surface area (Å²) in [5.74, 6) is 1.41. The van der Waals surface area contributed by atoms with Crippen molar-refractivity contribution in [1.82, 2.24) is 0 Å². The number of halogens is 1. The largest absolute Gasteiger partial charge is 0.494 e. The number of carbonyl (C=O) groups is 1. The van der Waals surface area contributed by atoms with Crippen LogP contribution in [0.2, 0.25) is 0 Å². The van der Waals surface area contributed by atoms with Gasteiger partial charge in [-0.05, 0) is 56.0 Å². The van der Waals surface area contributed by atoms with Gasteiger partial charge in [-0.2, -0.15) is 0 Å². The van der Waals surface area contributed by atoms with E-state index in [2.05, 4.69) is 21.2 Å². The highest BCUT2D eigenvalue weighted by Crippen LogP contribution is 2.25. The van der Waals surface area contributed by atoms with E-state index < -0.39 is 0 Å². The molecule has 0 saturated carbocycles. The minimum absolute atomic E-state index is 0.0530. The molecule has 28 heavy (non-hydrogen) atoms. The zero-order valence-electron chi connectivity index (χ0n) is 15.9. The van der Waals surface area contributed by atoms with Crippen LogP contribution in [0, 0.1) is 0 Å². The lowest BCUT2D eigenvalue weighted by Crippen LogP contribution is -2.26. The van der Waals surface area contributed by atoms with E-state index in [1.54, 1.807) is 0 Å². The number of para-hydroxylation sites is 2. The van der Waals surface area contributed by atoms with Crippen molar-refractivity contribution >= 4 is 27.5 Å². The van der Waals surface area contributed by atoms with Crippen LogP contribution in [0.1, 0.15) is 32.1 Å². The lowest BCUT2D eigenvalue weighted by molar-refractivity contribution is -0.116. The highest BCUT2D eigenvalue weighted by molar-refractivity contribution is 9.10. The van der Waals surface area contributed by atoms with Crippen LogP contribution in [0.15, 0.2) is 53.0 Å². The summed E-state index contributed by atoms with van der Waals surface area (Å²) in [7, 11) is 0. The number of amides is 1. The van der Waals surface area contributed by atoms with Gasteiger partial charge in [-0.3, -0.25) is 4.79 Å². The van der Waals surface area contributed by atoms with Gasteiger partial charge in [0.05, 0.1) is 18.4 Å². The average molecular weight is 448 g/mol. The molecule has 1 atom stereocenters. The molecule has 0 aliphatic carbocycles. The second-order valence-corrected chi connectivity index (χ2v) is 7.67. The predicted molar refractivity (Wildman–Crippen MR) is 113 cm³/mol. The minimum atomic E-state index is -0.0530. The van der Waals surface area contributed by atoms with Gasteiger partial charge in [0.15, 0.2) is 0 Å². The maximum atomic E-state index is 12.3.